The highest BCUT2D eigenvalue weighted by atomic mass is 16.5. The lowest BCUT2D eigenvalue weighted by molar-refractivity contribution is 0.249. The number of ether oxygens (including phenoxy) is 2. The number of hydrogen-bond acceptors (Lipinski definition) is 4. The molecule has 1 atom stereocenters. The molecule has 1 heterocycles. The molecule has 1 aliphatic heterocycles. The van der Waals surface area contributed by atoms with Crippen molar-refractivity contribution in [3.05, 3.63) is 23.3 Å². The van der Waals surface area contributed by atoms with Crippen molar-refractivity contribution in [1.82, 2.24) is 10.2 Å². The van der Waals surface area contributed by atoms with Crippen molar-refractivity contribution in [1.29, 1.82) is 0 Å². The largest absolute Gasteiger partial charge is 0.493 e. The first-order valence-electron chi connectivity index (χ1n) is 7.87. The number of nitrogens with one attached hydrogen (secondary N) is 1. The molecular weight excluding hydrogens is 264 g/mol. The van der Waals surface area contributed by atoms with Crippen LogP contribution in [0.3, 0.4) is 0 Å². The van der Waals surface area contributed by atoms with Gasteiger partial charge in [0.2, 0.25) is 0 Å². The maximum Gasteiger partial charge on any atom is 0.161 e. The molecule has 0 saturated carbocycles. The lowest BCUT2D eigenvalue weighted by Crippen LogP contribution is -2.38. The Hall–Kier alpha value is -1.26. The van der Waals surface area contributed by atoms with Crippen LogP contribution in [0.1, 0.15) is 31.4 Å². The Morgan fingerprint density at radius 3 is 2.48 bits per heavy atom. The molecule has 1 aromatic carbocycles. The number of methoxy groups -OCH3 is 2. The number of nitrogens with zero attached hydrogens (tertiary/aromatic N) is 1. The molecule has 21 heavy (non-hydrogen) atoms. The van der Waals surface area contributed by atoms with E-state index in [4.69, 9.17) is 9.47 Å². The molecule has 0 amide bonds. The molecule has 0 bridgehead atoms. The van der Waals surface area contributed by atoms with Gasteiger partial charge in [0.25, 0.3) is 0 Å². The second-order valence-corrected chi connectivity index (χ2v) is 5.77. The molecule has 0 aromatic heterocycles. The van der Waals surface area contributed by atoms with E-state index in [1.54, 1.807) is 14.2 Å². The summed E-state index contributed by atoms with van der Waals surface area (Å²) in [5, 5.41) is 3.56. The van der Waals surface area contributed by atoms with Crippen molar-refractivity contribution in [2.45, 2.75) is 39.3 Å². The van der Waals surface area contributed by atoms with Crippen molar-refractivity contribution in [2.24, 2.45) is 0 Å². The van der Waals surface area contributed by atoms with E-state index < -0.39 is 0 Å². The Bertz CT molecular complexity index is 462. The fourth-order valence-electron chi connectivity index (χ4n) is 2.75. The summed E-state index contributed by atoms with van der Waals surface area (Å²) in [5.41, 5.74) is 2.75. The number of rotatable bonds is 7. The summed E-state index contributed by atoms with van der Waals surface area (Å²) in [6, 6.07) is 4.86. The molecule has 1 aromatic rings. The van der Waals surface area contributed by atoms with E-state index in [2.05, 4.69) is 36.2 Å². The summed E-state index contributed by atoms with van der Waals surface area (Å²) in [6.07, 6.45) is 2.26. The topological polar surface area (TPSA) is 33.7 Å². The summed E-state index contributed by atoms with van der Waals surface area (Å²) in [5.74, 6) is 1.67. The standard InChI is InChI=1S/C17H28N2O2/c1-5-13(2)18-7-9-19-8-6-14-10-16(20-3)17(21-4)11-15(14)12-19/h10-11,13,18H,5-9,12H2,1-4H3. The van der Waals surface area contributed by atoms with Gasteiger partial charge in [-0.3, -0.25) is 4.90 Å². The van der Waals surface area contributed by atoms with Gasteiger partial charge >= 0.3 is 0 Å². The van der Waals surface area contributed by atoms with Crippen molar-refractivity contribution >= 4 is 0 Å². The highest BCUT2D eigenvalue weighted by molar-refractivity contribution is 5.48. The zero-order valence-corrected chi connectivity index (χ0v) is 13.7. The van der Waals surface area contributed by atoms with E-state index in [9.17, 15) is 0 Å². The van der Waals surface area contributed by atoms with E-state index in [-0.39, 0.29) is 0 Å². The number of hydrogen-bond donors (Lipinski definition) is 1. The van der Waals surface area contributed by atoms with Crippen LogP contribution in [0, 0.1) is 0 Å². The lowest BCUT2D eigenvalue weighted by atomic mass is 9.99. The highest BCUT2D eigenvalue weighted by Gasteiger charge is 2.19. The average Bonchev–Trinajstić information content (AvgIpc) is 2.53. The molecular formula is C17H28N2O2. The number of fused-ring (bicyclic) bond motifs is 1. The third-order valence-corrected chi connectivity index (χ3v) is 4.33. The Labute approximate surface area is 128 Å². The van der Waals surface area contributed by atoms with Crippen LogP contribution in [0.15, 0.2) is 12.1 Å². The minimum atomic E-state index is 0.603. The van der Waals surface area contributed by atoms with Crippen molar-refractivity contribution in [3.63, 3.8) is 0 Å². The molecule has 118 valence electrons. The van der Waals surface area contributed by atoms with E-state index in [0.717, 1.165) is 44.1 Å². The smallest absolute Gasteiger partial charge is 0.161 e. The monoisotopic (exact) mass is 292 g/mol. The van der Waals surface area contributed by atoms with Crippen LogP contribution < -0.4 is 14.8 Å². The summed E-state index contributed by atoms with van der Waals surface area (Å²) < 4.78 is 10.8. The molecule has 4 nitrogen and oxygen atoms in total. The molecule has 4 heteroatoms. The van der Waals surface area contributed by atoms with Gasteiger partial charge in [-0.1, -0.05) is 6.92 Å². The summed E-state index contributed by atoms with van der Waals surface area (Å²) in [6.45, 7) is 8.72. The zero-order valence-electron chi connectivity index (χ0n) is 13.7. The molecule has 0 saturated heterocycles. The lowest BCUT2D eigenvalue weighted by Gasteiger charge is -2.30. The first-order chi connectivity index (χ1) is 10.2. The zero-order chi connectivity index (χ0) is 15.2. The van der Waals surface area contributed by atoms with E-state index in [0.29, 0.717) is 6.04 Å². The quantitative estimate of drug-likeness (QED) is 0.837. The molecule has 0 spiro atoms. The third-order valence-electron chi connectivity index (χ3n) is 4.33. The van der Waals surface area contributed by atoms with Crippen molar-refractivity contribution < 1.29 is 9.47 Å². The Balaban J connectivity index is 1.96. The van der Waals surface area contributed by atoms with Crippen LogP contribution in [0.2, 0.25) is 0 Å². The number of benzene rings is 1. The van der Waals surface area contributed by atoms with Crippen LogP contribution in [-0.2, 0) is 13.0 Å². The van der Waals surface area contributed by atoms with Gasteiger partial charge in [-0.05, 0) is 43.0 Å². The predicted molar refractivity (Wildman–Crippen MR) is 86.3 cm³/mol. The van der Waals surface area contributed by atoms with Gasteiger partial charge < -0.3 is 14.8 Å². The summed E-state index contributed by atoms with van der Waals surface area (Å²) >= 11 is 0. The van der Waals surface area contributed by atoms with E-state index in [1.165, 1.54) is 17.5 Å². The Morgan fingerprint density at radius 1 is 1.19 bits per heavy atom. The van der Waals surface area contributed by atoms with Gasteiger partial charge in [-0.25, -0.2) is 0 Å². The molecule has 1 aliphatic rings. The van der Waals surface area contributed by atoms with Gasteiger partial charge in [0.1, 0.15) is 0 Å². The van der Waals surface area contributed by atoms with Crippen molar-refractivity contribution in [2.75, 3.05) is 33.9 Å². The first-order valence-corrected chi connectivity index (χ1v) is 7.87. The fourth-order valence-corrected chi connectivity index (χ4v) is 2.75. The van der Waals surface area contributed by atoms with E-state index >= 15 is 0 Å². The van der Waals surface area contributed by atoms with Gasteiger partial charge in [-0.2, -0.15) is 0 Å². The molecule has 0 radical (unpaired) electrons. The molecule has 2 rings (SSSR count). The minimum absolute atomic E-state index is 0.603. The third kappa shape index (κ3) is 4.11. The molecule has 1 unspecified atom stereocenters. The maximum absolute atomic E-state index is 5.41. The highest BCUT2D eigenvalue weighted by Crippen LogP contribution is 2.33. The van der Waals surface area contributed by atoms with Gasteiger partial charge in [0, 0.05) is 32.2 Å². The average molecular weight is 292 g/mol. The molecule has 1 N–H and O–H groups in total. The molecule has 0 fully saturated rings. The summed E-state index contributed by atoms with van der Waals surface area (Å²) in [7, 11) is 3.39. The normalized spacial score (nSPS) is 16.4. The SMILES string of the molecule is CCC(C)NCCN1CCc2cc(OC)c(OC)cc2C1. The molecule has 0 aliphatic carbocycles. The fraction of sp³-hybridized carbons (Fsp3) is 0.647. The first kappa shape index (κ1) is 16.1. The van der Waals surface area contributed by atoms with Crippen LogP contribution in [0.25, 0.3) is 0 Å². The van der Waals surface area contributed by atoms with Crippen molar-refractivity contribution in [3.8, 4) is 11.5 Å². The van der Waals surface area contributed by atoms with Crippen LogP contribution in [0.5, 0.6) is 11.5 Å². The van der Waals surface area contributed by atoms with Gasteiger partial charge in [-0.15, -0.1) is 0 Å². The maximum atomic E-state index is 5.41. The van der Waals surface area contributed by atoms with Crippen LogP contribution in [-0.4, -0.2) is 44.8 Å². The minimum Gasteiger partial charge on any atom is -0.493 e. The second kappa shape index (κ2) is 7.66. The van der Waals surface area contributed by atoms with Gasteiger partial charge in [0.05, 0.1) is 14.2 Å². The van der Waals surface area contributed by atoms with Crippen LogP contribution in [0.4, 0.5) is 0 Å². The second-order valence-electron chi connectivity index (χ2n) is 5.77. The predicted octanol–water partition coefficient (Wildman–Crippen LogP) is 2.45. The van der Waals surface area contributed by atoms with Gasteiger partial charge in [0.15, 0.2) is 11.5 Å². The Morgan fingerprint density at radius 2 is 1.86 bits per heavy atom. The summed E-state index contributed by atoms with van der Waals surface area (Å²) in [4.78, 5) is 2.50. The Kier molecular flexibility index (Phi) is 5.88. The van der Waals surface area contributed by atoms with E-state index in [1.807, 2.05) is 0 Å². The van der Waals surface area contributed by atoms with Crippen LogP contribution >= 0.6 is 0 Å².